The van der Waals surface area contributed by atoms with Crippen LogP contribution in [0.5, 0.6) is 5.75 Å². The zero-order valence-electron chi connectivity index (χ0n) is 13.2. The van der Waals surface area contributed by atoms with Crippen molar-refractivity contribution >= 4 is 14.9 Å². The molecule has 0 N–H and O–H groups in total. The standard InChI is InChI=1S/C17H28O2Si/c1-4-7-8-11-14(5-2)19-16-13-10-9-12-15(16)17(18)20-6-3/h9-10,12-14H,4-8,11,20H2,1-3H3. The van der Waals surface area contributed by atoms with Crippen LogP contribution in [0.4, 0.5) is 0 Å². The number of benzene rings is 1. The van der Waals surface area contributed by atoms with Crippen LogP contribution in [0.25, 0.3) is 0 Å². The van der Waals surface area contributed by atoms with Gasteiger partial charge in [-0.2, -0.15) is 0 Å². The summed E-state index contributed by atoms with van der Waals surface area (Å²) in [4.78, 5) is 12.2. The molecule has 20 heavy (non-hydrogen) atoms. The molecule has 0 aliphatic carbocycles. The number of unbranched alkanes of at least 4 members (excludes halogenated alkanes) is 2. The second-order valence-corrected chi connectivity index (χ2v) is 7.46. The Labute approximate surface area is 125 Å². The quantitative estimate of drug-likeness (QED) is 0.478. The number of para-hydroxylation sites is 1. The molecule has 0 aromatic heterocycles. The third-order valence-electron chi connectivity index (χ3n) is 3.54. The van der Waals surface area contributed by atoms with E-state index in [2.05, 4.69) is 20.8 Å². The summed E-state index contributed by atoms with van der Waals surface area (Å²) in [5.41, 5.74) is 0.801. The first-order chi connectivity index (χ1) is 9.72. The first kappa shape index (κ1) is 17.0. The maximum absolute atomic E-state index is 12.2. The first-order valence-electron chi connectivity index (χ1n) is 8.01. The van der Waals surface area contributed by atoms with E-state index in [1.54, 1.807) is 0 Å². The zero-order valence-corrected chi connectivity index (χ0v) is 14.6. The Balaban J connectivity index is 2.71. The summed E-state index contributed by atoms with van der Waals surface area (Å²) < 4.78 is 6.11. The van der Waals surface area contributed by atoms with Crippen molar-refractivity contribution in [3.63, 3.8) is 0 Å². The molecule has 0 saturated heterocycles. The van der Waals surface area contributed by atoms with Gasteiger partial charge in [-0.05, 0) is 31.4 Å². The van der Waals surface area contributed by atoms with Crippen LogP contribution in [0.2, 0.25) is 6.04 Å². The van der Waals surface area contributed by atoms with Gasteiger partial charge in [-0.25, -0.2) is 0 Å². The minimum atomic E-state index is -0.652. The molecule has 1 unspecified atom stereocenters. The summed E-state index contributed by atoms with van der Waals surface area (Å²) >= 11 is 0. The average Bonchev–Trinajstić information content (AvgIpc) is 2.47. The summed E-state index contributed by atoms with van der Waals surface area (Å²) in [5.74, 6) is 0.793. The van der Waals surface area contributed by atoms with E-state index < -0.39 is 9.52 Å². The van der Waals surface area contributed by atoms with E-state index in [0.29, 0.717) is 5.41 Å². The fourth-order valence-electron chi connectivity index (χ4n) is 2.31. The van der Waals surface area contributed by atoms with Crippen LogP contribution >= 0.6 is 0 Å². The second kappa shape index (κ2) is 9.75. The molecule has 0 spiro atoms. The van der Waals surface area contributed by atoms with E-state index in [1.165, 1.54) is 19.3 Å². The van der Waals surface area contributed by atoms with Gasteiger partial charge in [0.05, 0.1) is 11.7 Å². The van der Waals surface area contributed by atoms with Crippen LogP contribution in [-0.4, -0.2) is 21.0 Å². The molecule has 0 bridgehead atoms. The van der Waals surface area contributed by atoms with Gasteiger partial charge >= 0.3 is 0 Å². The molecular weight excluding hydrogens is 264 g/mol. The van der Waals surface area contributed by atoms with Gasteiger partial charge in [0.1, 0.15) is 20.7 Å². The molecule has 0 amide bonds. The van der Waals surface area contributed by atoms with Gasteiger partial charge in [0, 0.05) is 0 Å². The molecule has 0 saturated carbocycles. The molecule has 112 valence electrons. The lowest BCUT2D eigenvalue weighted by molar-refractivity contribution is 0.106. The van der Waals surface area contributed by atoms with Crippen LogP contribution in [0.15, 0.2) is 24.3 Å². The highest BCUT2D eigenvalue weighted by Crippen LogP contribution is 2.22. The van der Waals surface area contributed by atoms with Crippen LogP contribution in [0.3, 0.4) is 0 Å². The van der Waals surface area contributed by atoms with Gasteiger partial charge in [0.15, 0.2) is 0 Å². The molecule has 1 aromatic carbocycles. The molecule has 3 heteroatoms. The van der Waals surface area contributed by atoms with E-state index in [-0.39, 0.29) is 6.10 Å². The number of rotatable bonds is 10. The Morgan fingerprint density at radius 2 is 1.95 bits per heavy atom. The largest absolute Gasteiger partial charge is 0.490 e. The third kappa shape index (κ3) is 5.49. The smallest absolute Gasteiger partial charge is 0.136 e. The van der Waals surface area contributed by atoms with Crippen molar-refractivity contribution in [1.82, 2.24) is 0 Å². The highest BCUT2D eigenvalue weighted by Gasteiger charge is 2.14. The van der Waals surface area contributed by atoms with Crippen LogP contribution in [0.1, 0.15) is 63.2 Å². The summed E-state index contributed by atoms with van der Waals surface area (Å²) in [5, 5.41) is 0.325. The van der Waals surface area contributed by atoms with Gasteiger partial charge in [-0.15, -0.1) is 0 Å². The Morgan fingerprint density at radius 3 is 2.60 bits per heavy atom. The number of carbonyl (C=O) groups is 1. The Bertz CT molecular complexity index is 404. The monoisotopic (exact) mass is 292 g/mol. The molecule has 0 fully saturated rings. The molecule has 2 nitrogen and oxygen atoms in total. The maximum atomic E-state index is 12.2. The van der Waals surface area contributed by atoms with Crippen molar-refractivity contribution in [3.05, 3.63) is 29.8 Å². The first-order valence-corrected chi connectivity index (χ1v) is 9.72. The maximum Gasteiger partial charge on any atom is 0.136 e. The lowest BCUT2D eigenvalue weighted by Crippen LogP contribution is -2.18. The summed E-state index contributed by atoms with van der Waals surface area (Å²) in [6.45, 7) is 6.46. The lowest BCUT2D eigenvalue weighted by Gasteiger charge is -2.19. The fraction of sp³-hybridized carbons (Fsp3) is 0.588. The highest BCUT2D eigenvalue weighted by atomic mass is 28.2. The van der Waals surface area contributed by atoms with Gasteiger partial charge in [-0.3, -0.25) is 0 Å². The Kier molecular flexibility index (Phi) is 8.27. The topological polar surface area (TPSA) is 26.3 Å². The zero-order chi connectivity index (χ0) is 14.8. The Morgan fingerprint density at radius 1 is 1.20 bits per heavy atom. The van der Waals surface area contributed by atoms with Crippen LogP contribution in [0, 0.1) is 0 Å². The van der Waals surface area contributed by atoms with Crippen molar-refractivity contribution in [3.8, 4) is 5.75 Å². The minimum absolute atomic E-state index is 0.235. The van der Waals surface area contributed by atoms with Crippen molar-refractivity contribution < 1.29 is 9.53 Å². The third-order valence-corrected chi connectivity index (χ3v) is 4.88. The van der Waals surface area contributed by atoms with Gasteiger partial charge in [0.25, 0.3) is 0 Å². The molecule has 1 rings (SSSR count). The lowest BCUT2D eigenvalue weighted by atomic mass is 10.1. The molecule has 1 atom stereocenters. The summed E-state index contributed by atoms with van der Waals surface area (Å²) in [6.07, 6.45) is 6.00. The molecule has 1 aromatic rings. The molecular formula is C17H28O2Si. The number of hydrogen-bond donors (Lipinski definition) is 0. The van der Waals surface area contributed by atoms with E-state index in [0.717, 1.165) is 30.2 Å². The normalized spacial score (nSPS) is 12.8. The Hall–Kier alpha value is -1.09. The van der Waals surface area contributed by atoms with Crippen molar-refractivity contribution in [2.75, 3.05) is 0 Å². The highest BCUT2D eigenvalue weighted by molar-refractivity contribution is 6.77. The van der Waals surface area contributed by atoms with Crippen LogP contribution < -0.4 is 4.74 Å². The minimum Gasteiger partial charge on any atom is -0.490 e. The van der Waals surface area contributed by atoms with Crippen molar-refractivity contribution in [2.24, 2.45) is 0 Å². The molecule has 0 aliphatic heterocycles. The predicted molar refractivity (Wildman–Crippen MR) is 88.6 cm³/mol. The number of ether oxygens (including phenoxy) is 1. The molecule has 0 aliphatic rings. The SMILES string of the molecule is CCCCCC(CC)Oc1ccccc1C(=O)[SiH2]CC. The van der Waals surface area contributed by atoms with Gasteiger partial charge < -0.3 is 9.53 Å². The second-order valence-electron chi connectivity index (χ2n) is 5.31. The van der Waals surface area contributed by atoms with Gasteiger partial charge in [-0.1, -0.05) is 51.8 Å². The van der Waals surface area contributed by atoms with E-state index in [1.807, 2.05) is 24.3 Å². The summed E-state index contributed by atoms with van der Waals surface area (Å²) in [7, 11) is -0.652. The van der Waals surface area contributed by atoms with Crippen molar-refractivity contribution in [1.29, 1.82) is 0 Å². The predicted octanol–water partition coefficient (Wildman–Crippen LogP) is 4.17. The van der Waals surface area contributed by atoms with Crippen LogP contribution in [-0.2, 0) is 0 Å². The number of hydrogen-bond acceptors (Lipinski definition) is 2. The average molecular weight is 292 g/mol. The fourth-order valence-corrected chi connectivity index (χ4v) is 3.32. The summed E-state index contributed by atoms with van der Waals surface area (Å²) in [6, 6.07) is 8.76. The molecule has 0 radical (unpaired) electrons. The van der Waals surface area contributed by atoms with E-state index >= 15 is 0 Å². The van der Waals surface area contributed by atoms with Crippen molar-refractivity contribution in [2.45, 2.75) is 65.0 Å². The number of carbonyl (C=O) groups excluding carboxylic acids is 1. The van der Waals surface area contributed by atoms with Gasteiger partial charge in [0.2, 0.25) is 0 Å². The van der Waals surface area contributed by atoms with E-state index in [9.17, 15) is 4.79 Å². The molecule has 0 heterocycles. The van der Waals surface area contributed by atoms with E-state index in [4.69, 9.17) is 4.74 Å².